The van der Waals surface area contributed by atoms with E-state index >= 15 is 0 Å². The highest BCUT2D eigenvalue weighted by Crippen LogP contribution is 2.12. The Labute approximate surface area is 137 Å². The van der Waals surface area contributed by atoms with Crippen LogP contribution in [0.5, 0.6) is 0 Å². The highest BCUT2D eigenvalue weighted by Gasteiger charge is 2.23. The number of aryl methyl sites for hydroxylation is 1. The summed E-state index contributed by atoms with van der Waals surface area (Å²) in [6.07, 6.45) is 1.42. The van der Waals surface area contributed by atoms with Crippen LogP contribution in [-0.4, -0.2) is 45.5 Å². The van der Waals surface area contributed by atoms with Gasteiger partial charge in [-0.2, -0.15) is 0 Å². The first-order valence-electron chi connectivity index (χ1n) is 7.78. The van der Waals surface area contributed by atoms with Crippen molar-refractivity contribution in [3.8, 4) is 0 Å². The quantitative estimate of drug-likeness (QED) is 0.770. The summed E-state index contributed by atoms with van der Waals surface area (Å²) < 4.78 is 36.8. The number of nitrogens with one attached hydrogen (secondary N) is 1. The van der Waals surface area contributed by atoms with Crippen molar-refractivity contribution < 1.29 is 22.7 Å². The van der Waals surface area contributed by atoms with Gasteiger partial charge in [-0.3, -0.25) is 9.52 Å². The largest absolute Gasteiger partial charge is 0.376 e. The maximum atomic E-state index is 12.0. The first kappa shape index (κ1) is 17.9. The summed E-state index contributed by atoms with van der Waals surface area (Å²) in [5.41, 5.74) is 0.910. The molecule has 1 aromatic carbocycles. The van der Waals surface area contributed by atoms with Crippen LogP contribution >= 0.6 is 0 Å². The fourth-order valence-electron chi connectivity index (χ4n) is 2.29. The van der Waals surface area contributed by atoms with Gasteiger partial charge in [0.1, 0.15) is 6.10 Å². The van der Waals surface area contributed by atoms with Crippen LogP contribution in [-0.2, 0) is 30.7 Å². The number of ether oxygens (including phenoxy) is 2. The van der Waals surface area contributed by atoms with Gasteiger partial charge in [0, 0.05) is 6.61 Å². The molecule has 128 valence electrons. The van der Waals surface area contributed by atoms with Crippen LogP contribution in [0.1, 0.15) is 25.3 Å². The second kappa shape index (κ2) is 8.42. The molecule has 2 atom stereocenters. The summed E-state index contributed by atoms with van der Waals surface area (Å²) in [7, 11) is -3.67. The van der Waals surface area contributed by atoms with Crippen molar-refractivity contribution in [1.82, 2.24) is 4.72 Å². The lowest BCUT2D eigenvalue weighted by Crippen LogP contribution is -2.40. The van der Waals surface area contributed by atoms with Gasteiger partial charge in [0.15, 0.2) is 0 Å². The molecule has 23 heavy (non-hydrogen) atoms. The number of amides is 1. The lowest BCUT2D eigenvalue weighted by atomic mass is 10.2. The van der Waals surface area contributed by atoms with Gasteiger partial charge in [-0.15, -0.1) is 0 Å². The van der Waals surface area contributed by atoms with Crippen molar-refractivity contribution in [3.63, 3.8) is 0 Å². The highest BCUT2D eigenvalue weighted by atomic mass is 32.2. The van der Waals surface area contributed by atoms with Crippen molar-refractivity contribution in [2.75, 3.05) is 19.0 Å². The Morgan fingerprint density at radius 2 is 2.13 bits per heavy atom. The van der Waals surface area contributed by atoms with E-state index in [1.54, 1.807) is 0 Å². The molecule has 1 heterocycles. The van der Waals surface area contributed by atoms with Gasteiger partial charge < -0.3 is 9.47 Å². The van der Waals surface area contributed by atoms with Crippen LogP contribution in [0.3, 0.4) is 0 Å². The summed E-state index contributed by atoms with van der Waals surface area (Å²) in [5.74, 6) is -0.780. The van der Waals surface area contributed by atoms with Crippen molar-refractivity contribution in [2.24, 2.45) is 0 Å². The predicted molar refractivity (Wildman–Crippen MR) is 86.5 cm³/mol. The molecule has 0 aromatic heterocycles. The zero-order valence-electron chi connectivity index (χ0n) is 13.2. The van der Waals surface area contributed by atoms with Gasteiger partial charge in [0.25, 0.3) is 5.91 Å². The van der Waals surface area contributed by atoms with E-state index in [0.717, 1.165) is 18.4 Å². The van der Waals surface area contributed by atoms with E-state index in [-0.39, 0.29) is 11.9 Å². The Balaban J connectivity index is 1.75. The number of rotatable bonds is 8. The van der Waals surface area contributed by atoms with Gasteiger partial charge >= 0.3 is 0 Å². The molecule has 1 fully saturated rings. The van der Waals surface area contributed by atoms with E-state index in [4.69, 9.17) is 9.47 Å². The van der Waals surface area contributed by atoms with Gasteiger partial charge in [0.2, 0.25) is 10.0 Å². The third-order valence-corrected chi connectivity index (χ3v) is 4.94. The van der Waals surface area contributed by atoms with Crippen LogP contribution < -0.4 is 4.72 Å². The standard InChI is InChI=1S/C16H23NO5S/c1-13(22-12-15-8-5-10-21-15)16(18)17-23(19,20)11-9-14-6-3-2-4-7-14/h2-4,6-7,13,15H,5,8-12H2,1H3,(H,17,18)/t13-,15-/m0/s1. The van der Waals surface area contributed by atoms with Crippen molar-refractivity contribution in [3.05, 3.63) is 35.9 Å². The molecule has 0 spiro atoms. The Morgan fingerprint density at radius 1 is 1.39 bits per heavy atom. The third-order valence-electron chi connectivity index (χ3n) is 3.68. The molecule has 0 unspecified atom stereocenters. The SMILES string of the molecule is C[C@H](OC[C@@H]1CCCO1)C(=O)NS(=O)(=O)CCc1ccccc1. The number of hydrogen-bond donors (Lipinski definition) is 1. The third kappa shape index (κ3) is 6.29. The molecule has 1 aliphatic heterocycles. The van der Waals surface area contributed by atoms with Gasteiger partial charge in [-0.05, 0) is 31.7 Å². The van der Waals surface area contributed by atoms with E-state index < -0.39 is 22.0 Å². The van der Waals surface area contributed by atoms with Gasteiger partial charge in [0.05, 0.1) is 18.5 Å². The minimum absolute atomic E-state index is 0.0000576. The summed E-state index contributed by atoms with van der Waals surface area (Å²) in [4.78, 5) is 11.9. The molecule has 1 aromatic rings. The Morgan fingerprint density at radius 3 is 2.78 bits per heavy atom. The summed E-state index contributed by atoms with van der Waals surface area (Å²) in [6, 6.07) is 9.27. The molecule has 0 saturated carbocycles. The van der Waals surface area contributed by atoms with Crippen molar-refractivity contribution in [2.45, 2.75) is 38.4 Å². The van der Waals surface area contributed by atoms with Gasteiger partial charge in [-0.25, -0.2) is 8.42 Å². The van der Waals surface area contributed by atoms with E-state index in [9.17, 15) is 13.2 Å². The molecule has 6 nitrogen and oxygen atoms in total. The zero-order valence-corrected chi connectivity index (χ0v) is 14.1. The first-order valence-corrected chi connectivity index (χ1v) is 9.43. The smallest absolute Gasteiger partial charge is 0.262 e. The first-order chi connectivity index (χ1) is 11.0. The Kier molecular flexibility index (Phi) is 6.56. The summed E-state index contributed by atoms with van der Waals surface area (Å²) in [6.45, 7) is 2.55. The maximum absolute atomic E-state index is 12.0. The molecule has 1 amide bonds. The average molecular weight is 341 g/mol. The van der Waals surface area contributed by atoms with Crippen LogP contribution in [0, 0.1) is 0 Å². The minimum atomic E-state index is -3.67. The molecule has 0 radical (unpaired) electrons. The predicted octanol–water partition coefficient (Wildman–Crippen LogP) is 1.26. The summed E-state index contributed by atoms with van der Waals surface area (Å²) >= 11 is 0. The summed E-state index contributed by atoms with van der Waals surface area (Å²) in [5, 5.41) is 0. The second-order valence-corrected chi connectivity index (χ2v) is 7.47. The Hall–Kier alpha value is -1.44. The number of benzene rings is 1. The number of carbonyl (C=O) groups excluding carboxylic acids is 1. The van der Waals surface area contributed by atoms with Crippen molar-refractivity contribution >= 4 is 15.9 Å². The van der Waals surface area contributed by atoms with Crippen molar-refractivity contribution in [1.29, 1.82) is 0 Å². The molecule has 0 aliphatic carbocycles. The number of sulfonamides is 1. The molecular weight excluding hydrogens is 318 g/mol. The molecule has 0 bridgehead atoms. The molecule has 7 heteroatoms. The number of carbonyl (C=O) groups is 1. The lowest BCUT2D eigenvalue weighted by molar-refractivity contribution is -0.131. The molecular formula is C16H23NO5S. The molecule has 1 N–H and O–H groups in total. The van der Waals surface area contributed by atoms with Gasteiger partial charge in [-0.1, -0.05) is 30.3 Å². The van der Waals surface area contributed by atoms with Crippen LogP contribution in [0.2, 0.25) is 0 Å². The normalized spacial score (nSPS) is 19.4. The fourth-order valence-corrected chi connectivity index (χ4v) is 3.37. The molecule has 1 saturated heterocycles. The van der Waals surface area contributed by atoms with Crippen LogP contribution in [0.15, 0.2) is 30.3 Å². The molecule has 1 aliphatic rings. The van der Waals surface area contributed by atoms with Crippen LogP contribution in [0.25, 0.3) is 0 Å². The lowest BCUT2D eigenvalue weighted by Gasteiger charge is -2.16. The van der Waals surface area contributed by atoms with E-state index in [0.29, 0.717) is 19.6 Å². The minimum Gasteiger partial charge on any atom is -0.376 e. The topological polar surface area (TPSA) is 81.7 Å². The van der Waals surface area contributed by atoms with E-state index in [1.807, 2.05) is 30.3 Å². The zero-order chi connectivity index (χ0) is 16.7. The van der Waals surface area contributed by atoms with E-state index in [1.165, 1.54) is 6.92 Å². The average Bonchev–Trinajstić information content (AvgIpc) is 3.05. The Bertz CT molecular complexity index is 596. The fraction of sp³-hybridized carbons (Fsp3) is 0.562. The highest BCUT2D eigenvalue weighted by molar-refractivity contribution is 7.90. The van der Waals surface area contributed by atoms with E-state index in [2.05, 4.69) is 4.72 Å². The van der Waals surface area contributed by atoms with Crippen LogP contribution in [0.4, 0.5) is 0 Å². The molecule has 2 rings (SSSR count). The maximum Gasteiger partial charge on any atom is 0.262 e. The monoisotopic (exact) mass is 341 g/mol. The second-order valence-electron chi connectivity index (χ2n) is 5.63. The number of hydrogen-bond acceptors (Lipinski definition) is 5.